The number of nitrogens with zero attached hydrogens (tertiary/aromatic N) is 3. The van der Waals surface area contributed by atoms with Gasteiger partial charge in [-0.2, -0.15) is 4.98 Å². The van der Waals surface area contributed by atoms with Gasteiger partial charge in [0.25, 0.3) is 11.8 Å². The molecule has 27 heavy (non-hydrogen) atoms. The largest absolute Gasteiger partial charge is 0.398 e. The van der Waals surface area contributed by atoms with Gasteiger partial charge in [0.05, 0.1) is 0 Å². The summed E-state index contributed by atoms with van der Waals surface area (Å²) in [6.45, 7) is 0.700. The van der Waals surface area contributed by atoms with Crippen LogP contribution >= 0.6 is 0 Å². The van der Waals surface area contributed by atoms with E-state index in [0.29, 0.717) is 23.9 Å². The maximum Gasteiger partial charge on any atom is 0.258 e. The van der Waals surface area contributed by atoms with Gasteiger partial charge >= 0.3 is 0 Å². The average Bonchev–Trinajstić information content (AvgIpc) is 3.44. The van der Waals surface area contributed by atoms with Crippen molar-refractivity contribution >= 4 is 17.3 Å². The molecule has 2 N–H and O–H groups in total. The molecule has 2 heterocycles. The monoisotopic (exact) mass is 360 g/mol. The number of hydrogen-bond acceptors (Lipinski definition) is 5. The fraction of sp³-hybridized carbons (Fsp3) is 0.286. The van der Waals surface area contributed by atoms with Gasteiger partial charge in [0.2, 0.25) is 0 Å². The molecule has 2 aliphatic rings. The first-order valence-corrected chi connectivity index (χ1v) is 9.34. The lowest BCUT2D eigenvalue weighted by atomic mass is 9.99. The molecule has 136 valence electrons. The van der Waals surface area contributed by atoms with Crippen molar-refractivity contribution in [3.63, 3.8) is 0 Å². The lowest BCUT2D eigenvalue weighted by Gasteiger charge is -2.30. The second kappa shape index (κ2) is 6.23. The number of hydrogen-bond donors (Lipinski definition) is 1. The van der Waals surface area contributed by atoms with Crippen molar-refractivity contribution in [3.05, 3.63) is 59.4 Å². The van der Waals surface area contributed by atoms with Crippen LogP contribution in [0.4, 0.5) is 11.4 Å². The van der Waals surface area contributed by atoms with Crippen LogP contribution in [0.2, 0.25) is 0 Å². The van der Waals surface area contributed by atoms with E-state index in [9.17, 15) is 4.79 Å². The lowest BCUT2D eigenvalue weighted by Crippen LogP contribution is -2.35. The van der Waals surface area contributed by atoms with E-state index in [2.05, 4.69) is 10.1 Å². The van der Waals surface area contributed by atoms with Crippen molar-refractivity contribution in [2.45, 2.75) is 31.6 Å². The van der Waals surface area contributed by atoms with Gasteiger partial charge in [-0.25, -0.2) is 0 Å². The fourth-order valence-corrected chi connectivity index (χ4v) is 3.63. The van der Waals surface area contributed by atoms with Crippen LogP contribution in [0, 0.1) is 0 Å². The van der Waals surface area contributed by atoms with Crippen molar-refractivity contribution in [2.24, 2.45) is 0 Å². The predicted molar refractivity (Wildman–Crippen MR) is 103 cm³/mol. The van der Waals surface area contributed by atoms with Crippen molar-refractivity contribution in [3.8, 4) is 11.5 Å². The van der Waals surface area contributed by atoms with Crippen LogP contribution in [0.3, 0.4) is 0 Å². The van der Waals surface area contributed by atoms with Gasteiger partial charge in [-0.15, -0.1) is 0 Å². The molecule has 0 unspecified atom stereocenters. The van der Waals surface area contributed by atoms with Crippen LogP contribution in [0.25, 0.3) is 11.5 Å². The number of nitrogens with two attached hydrogens (primary N) is 1. The van der Waals surface area contributed by atoms with E-state index in [0.717, 1.165) is 54.0 Å². The highest BCUT2D eigenvalue weighted by molar-refractivity contribution is 6.07. The van der Waals surface area contributed by atoms with Gasteiger partial charge < -0.3 is 15.2 Å². The predicted octanol–water partition coefficient (Wildman–Crippen LogP) is 3.79. The molecule has 3 aromatic rings. The van der Waals surface area contributed by atoms with E-state index in [1.165, 1.54) is 0 Å². The molecule has 6 heteroatoms. The molecule has 0 bridgehead atoms. The third kappa shape index (κ3) is 2.87. The first-order chi connectivity index (χ1) is 13.2. The van der Waals surface area contributed by atoms with Crippen molar-refractivity contribution < 1.29 is 9.32 Å². The standard InChI is InChI=1S/C21H20N4O2/c22-17-4-1-5-18-16(17)3-2-12-25(18)21(26)15-10-8-14(9-11-15)20-23-19(24-27-20)13-6-7-13/h1,4-5,8-11,13H,2-3,6-7,12,22H2. The van der Waals surface area contributed by atoms with Crippen LogP contribution in [-0.2, 0) is 6.42 Å². The van der Waals surface area contributed by atoms with Crippen LogP contribution in [0.15, 0.2) is 47.0 Å². The number of benzene rings is 2. The van der Waals surface area contributed by atoms with Crippen molar-refractivity contribution in [1.82, 2.24) is 10.1 Å². The van der Waals surface area contributed by atoms with Gasteiger partial charge in [0.1, 0.15) is 0 Å². The number of nitrogen functional groups attached to an aromatic ring is 1. The van der Waals surface area contributed by atoms with Gasteiger partial charge in [-0.05, 0) is 67.6 Å². The Hall–Kier alpha value is -3.15. The topological polar surface area (TPSA) is 85.2 Å². The Morgan fingerprint density at radius 2 is 1.96 bits per heavy atom. The summed E-state index contributed by atoms with van der Waals surface area (Å²) < 4.78 is 5.36. The summed E-state index contributed by atoms with van der Waals surface area (Å²) in [5, 5.41) is 4.05. The summed E-state index contributed by atoms with van der Waals surface area (Å²) in [5.41, 5.74) is 10.3. The third-order valence-electron chi connectivity index (χ3n) is 5.30. The Kier molecular flexibility index (Phi) is 3.70. The highest BCUT2D eigenvalue weighted by Gasteiger charge is 2.29. The van der Waals surface area contributed by atoms with Crippen molar-refractivity contribution in [2.75, 3.05) is 17.2 Å². The molecule has 6 nitrogen and oxygen atoms in total. The van der Waals surface area contributed by atoms with Crippen LogP contribution in [-0.4, -0.2) is 22.6 Å². The summed E-state index contributed by atoms with van der Waals surface area (Å²) in [7, 11) is 0. The Labute approximate surface area is 157 Å². The quantitative estimate of drug-likeness (QED) is 0.718. The minimum absolute atomic E-state index is 0.0164. The van der Waals surface area contributed by atoms with Crippen LogP contribution in [0.5, 0.6) is 0 Å². The Morgan fingerprint density at radius 3 is 2.74 bits per heavy atom. The number of carbonyl (C=O) groups is 1. The number of carbonyl (C=O) groups excluding carboxylic acids is 1. The molecule has 0 spiro atoms. The summed E-state index contributed by atoms with van der Waals surface area (Å²) in [6.07, 6.45) is 4.09. The molecular formula is C21H20N4O2. The number of aromatic nitrogens is 2. The van der Waals surface area contributed by atoms with Gasteiger partial charge in [0, 0.05) is 35.0 Å². The van der Waals surface area contributed by atoms with Crippen LogP contribution < -0.4 is 10.6 Å². The first-order valence-electron chi connectivity index (χ1n) is 9.34. The number of fused-ring (bicyclic) bond motifs is 1. The Balaban J connectivity index is 1.40. The maximum absolute atomic E-state index is 13.1. The Morgan fingerprint density at radius 1 is 1.15 bits per heavy atom. The molecule has 0 saturated heterocycles. The van der Waals surface area contributed by atoms with E-state index in [1.807, 2.05) is 47.4 Å². The number of amides is 1. The molecule has 1 saturated carbocycles. The molecule has 0 radical (unpaired) electrons. The molecule has 5 rings (SSSR count). The maximum atomic E-state index is 13.1. The van der Waals surface area contributed by atoms with E-state index < -0.39 is 0 Å². The van der Waals surface area contributed by atoms with Gasteiger partial charge in [0.15, 0.2) is 5.82 Å². The van der Waals surface area contributed by atoms with E-state index >= 15 is 0 Å². The second-order valence-electron chi connectivity index (χ2n) is 7.21. The lowest BCUT2D eigenvalue weighted by molar-refractivity contribution is 0.0985. The molecule has 2 aromatic carbocycles. The molecule has 1 aliphatic heterocycles. The molecule has 1 fully saturated rings. The average molecular weight is 360 g/mol. The molecule has 0 atom stereocenters. The minimum Gasteiger partial charge on any atom is -0.398 e. The van der Waals surface area contributed by atoms with E-state index in [1.54, 1.807) is 0 Å². The number of rotatable bonds is 3. The SMILES string of the molecule is Nc1cccc2c1CCCN2C(=O)c1ccc(-c2nc(C3CC3)no2)cc1. The normalized spacial score (nSPS) is 16.2. The highest BCUT2D eigenvalue weighted by Crippen LogP contribution is 2.39. The summed E-state index contributed by atoms with van der Waals surface area (Å²) in [6, 6.07) is 13.1. The summed E-state index contributed by atoms with van der Waals surface area (Å²) in [5.74, 6) is 1.73. The number of anilines is 2. The smallest absolute Gasteiger partial charge is 0.258 e. The summed E-state index contributed by atoms with van der Waals surface area (Å²) >= 11 is 0. The molecule has 1 aliphatic carbocycles. The zero-order valence-corrected chi connectivity index (χ0v) is 14.9. The highest BCUT2D eigenvalue weighted by atomic mass is 16.5. The second-order valence-corrected chi connectivity index (χ2v) is 7.21. The van der Waals surface area contributed by atoms with Crippen LogP contribution in [0.1, 0.15) is 46.9 Å². The summed E-state index contributed by atoms with van der Waals surface area (Å²) in [4.78, 5) is 19.3. The van der Waals surface area contributed by atoms with E-state index in [-0.39, 0.29) is 5.91 Å². The zero-order chi connectivity index (χ0) is 18.4. The molecular weight excluding hydrogens is 340 g/mol. The third-order valence-corrected chi connectivity index (χ3v) is 5.30. The minimum atomic E-state index is -0.0164. The van der Waals surface area contributed by atoms with Gasteiger partial charge in [-0.3, -0.25) is 4.79 Å². The molecule has 1 aromatic heterocycles. The van der Waals surface area contributed by atoms with Crippen molar-refractivity contribution in [1.29, 1.82) is 0 Å². The van der Waals surface area contributed by atoms with Gasteiger partial charge in [-0.1, -0.05) is 11.2 Å². The fourth-order valence-electron chi connectivity index (χ4n) is 3.63. The van der Waals surface area contributed by atoms with E-state index in [4.69, 9.17) is 10.3 Å². The first kappa shape index (κ1) is 16.1. The zero-order valence-electron chi connectivity index (χ0n) is 14.9. The Bertz CT molecular complexity index is 1010. The molecule has 1 amide bonds.